The Morgan fingerprint density at radius 2 is 1.74 bits per heavy atom. The second kappa shape index (κ2) is 7.82. The molecule has 0 spiro atoms. The summed E-state index contributed by atoms with van der Waals surface area (Å²) in [5, 5.41) is 0. The Balaban J connectivity index is 1.59. The Bertz CT molecular complexity index is 932. The molecule has 1 N–H and O–H groups in total. The van der Waals surface area contributed by atoms with Crippen LogP contribution in [0.3, 0.4) is 0 Å². The van der Waals surface area contributed by atoms with Crippen LogP contribution in [-0.2, 0) is 21.2 Å². The summed E-state index contributed by atoms with van der Waals surface area (Å²) in [6, 6.07) is 12.9. The van der Waals surface area contributed by atoms with Crippen molar-refractivity contribution in [2.24, 2.45) is 0 Å². The lowest BCUT2D eigenvalue weighted by Crippen LogP contribution is -2.26. The number of sulfonamides is 1. The molecule has 2 aromatic carbocycles. The van der Waals surface area contributed by atoms with Crippen LogP contribution >= 0.6 is 0 Å². The Hall–Kier alpha value is -2.18. The van der Waals surface area contributed by atoms with Gasteiger partial charge in [-0.05, 0) is 74.1 Å². The maximum Gasteiger partial charge on any atom is 0.240 e. The molecule has 1 saturated carbocycles. The molecule has 0 radical (unpaired) electrons. The van der Waals surface area contributed by atoms with Crippen molar-refractivity contribution in [3.05, 3.63) is 59.2 Å². The molecule has 0 unspecified atom stereocenters. The van der Waals surface area contributed by atoms with Gasteiger partial charge in [0.05, 0.1) is 4.90 Å². The van der Waals surface area contributed by atoms with Crippen molar-refractivity contribution in [2.45, 2.75) is 50.5 Å². The summed E-state index contributed by atoms with van der Waals surface area (Å²) in [5.41, 5.74) is 4.19. The number of nitrogens with zero attached hydrogens (tertiary/aromatic N) is 1. The zero-order valence-corrected chi connectivity index (χ0v) is 16.8. The second-order valence-electron chi connectivity index (χ2n) is 7.26. The van der Waals surface area contributed by atoms with E-state index >= 15 is 0 Å². The molecule has 1 amide bonds. The van der Waals surface area contributed by atoms with Crippen molar-refractivity contribution in [1.82, 2.24) is 4.72 Å². The Labute approximate surface area is 161 Å². The first-order valence-corrected chi connectivity index (χ1v) is 10.7. The third-order valence-electron chi connectivity index (χ3n) is 5.01. The minimum absolute atomic E-state index is 0.0327. The fraction of sp³-hybridized carbons (Fsp3) is 0.381. The molecule has 1 fully saturated rings. The van der Waals surface area contributed by atoms with E-state index < -0.39 is 10.0 Å². The summed E-state index contributed by atoms with van der Waals surface area (Å²) < 4.78 is 27.0. The fourth-order valence-electron chi connectivity index (χ4n) is 2.82. The van der Waals surface area contributed by atoms with Gasteiger partial charge in [0, 0.05) is 25.2 Å². The quantitative estimate of drug-likeness (QED) is 0.794. The van der Waals surface area contributed by atoms with Gasteiger partial charge in [-0.2, -0.15) is 0 Å². The summed E-state index contributed by atoms with van der Waals surface area (Å²) in [6.07, 6.45) is 2.77. The van der Waals surface area contributed by atoms with Crippen LogP contribution in [-0.4, -0.2) is 27.4 Å². The van der Waals surface area contributed by atoms with E-state index in [1.807, 2.05) is 32.0 Å². The maximum absolute atomic E-state index is 12.5. The van der Waals surface area contributed by atoms with E-state index in [1.165, 1.54) is 5.56 Å². The van der Waals surface area contributed by atoms with Crippen molar-refractivity contribution in [1.29, 1.82) is 0 Å². The molecule has 1 aliphatic carbocycles. The molecule has 27 heavy (non-hydrogen) atoms. The molecule has 2 aromatic rings. The van der Waals surface area contributed by atoms with Crippen LogP contribution in [0.25, 0.3) is 0 Å². The van der Waals surface area contributed by atoms with Crippen molar-refractivity contribution in [3.63, 3.8) is 0 Å². The summed E-state index contributed by atoms with van der Waals surface area (Å²) in [5.74, 6) is 0.0327. The summed E-state index contributed by atoms with van der Waals surface area (Å²) in [6.45, 7) is 4.08. The highest BCUT2D eigenvalue weighted by atomic mass is 32.2. The molecule has 6 heteroatoms. The van der Waals surface area contributed by atoms with E-state index in [-0.39, 0.29) is 16.8 Å². The van der Waals surface area contributed by atoms with Gasteiger partial charge < -0.3 is 4.90 Å². The second-order valence-corrected chi connectivity index (χ2v) is 8.97. The first kappa shape index (κ1) is 19.6. The first-order chi connectivity index (χ1) is 12.8. The Kier molecular flexibility index (Phi) is 5.67. The fourth-order valence-corrected chi connectivity index (χ4v) is 4.13. The van der Waals surface area contributed by atoms with Crippen LogP contribution in [0.1, 0.15) is 36.0 Å². The molecule has 144 valence electrons. The standard InChI is InChI=1S/C21H26N2O3S/c1-15-4-10-19(14-16(15)2)23(3)21(24)13-7-17-5-11-20(12-6-17)27(25,26)22-18-8-9-18/h4-6,10-12,14,18,22H,7-9,13H2,1-3H3. The van der Waals surface area contributed by atoms with Gasteiger partial charge in [-0.1, -0.05) is 18.2 Å². The van der Waals surface area contributed by atoms with Crippen molar-refractivity contribution in [3.8, 4) is 0 Å². The topological polar surface area (TPSA) is 66.5 Å². The van der Waals surface area contributed by atoms with Crippen molar-refractivity contribution >= 4 is 21.6 Å². The molecule has 0 atom stereocenters. The van der Waals surface area contributed by atoms with Crippen molar-refractivity contribution in [2.75, 3.05) is 11.9 Å². The average Bonchev–Trinajstić information content (AvgIpc) is 3.45. The maximum atomic E-state index is 12.5. The van der Waals surface area contributed by atoms with Crippen molar-refractivity contribution < 1.29 is 13.2 Å². The van der Waals surface area contributed by atoms with Gasteiger partial charge >= 0.3 is 0 Å². The molecule has 0 bridgehead atoms. The number of hydrogen-bond donors (Lipinski definition) is 1. The molecule has 1 aliphatic rings. The van der Waals surface area contributed by atoms with Gasteiger partial charge in [0.15, 0.2) is 0 Å². The van der Waals surface area contributed by atoms with Crippen LogP contribution in [0.4, 0.5) is 5.69 Å². The molecule has 0 aromatic heterocycles. The first-order valence-electron chi connectivity index (χ1n) is 9.21. The average molecular weight is 387 g/mol. The van der Waals surface area contributed by atoms with Gasteiger partial charge in [-0.3, -0.25) is 4.79 Å². The monoisotopic (exact) mass is 386 g/mol. The van der Waals surface area contributed by atoms with E-state index in [9.17, 15) is 13.2 Å². The normalized spacial score (nSPS) is 14.2. The number of rotatable bonds is 7. The molecule has 0 heterocycles. The summed E-state index contributed by atoms with van der Waals surface area (Å²) in [4.78, 5) is 14.4. The molecular weight excluding hydrogens is 360 g/mol. The van der Waals surface area contributed by atoms with Crippen LogP contribution in [0, 0.1) is 13.8 Å². The van der Waals surface area contributed by atoms with E-state index in [1.54, 1.807) is 36.2 Å². The lowest BCUT2D eigenvalue weighted by molar-refractivity contribution is -0.118. The van der Waals surface area contributed by atoms with Crippen LogP contribution < -0.4 is 9.62 Å². The van der Waals surface area contributed by atoms with E-state index in [0.29, 0.717) is 12.8 Å². The predicted molar refractivity (Wildman–Crippen MR) is 107 cm³/mol. The molecule has 0 aliphatic heterocycles. The lowest BCUT2D eigenvalue weighted by Gasteiger charge is -2.18. The zero-order chi connectivity index (χ0) is 19.6. The smallest absolute Gasteiger partial charge is 0.240 e. The highest BCUT2D eigenvalue weighted by Crippen LogP contribution is 2.23. The van der Waals surface area contributed by atoms with Gasteiger partial charge in [0.25, 0.3) is 0 Å². The molecule has 3 rings (SSSR count). The molecule has 0 saturated heterocycles. The predicted octanol–water partition coefficient (Wildman–Crippen LogP) is 3.34. The van der Waals surface area contributed by atoms with E-state index in [2.05, 4.69) is 4.72 Å². The minimum Gasteiger partial charge on any atom is -0.315 e. The number of carbonyl (C=O) groups excluding carboxylic acids is 1. The number of benzene rings is 2. The Morgan fingerprint density at radius 3 is 2.33 bits per heavy atom. The van der Waals surface area contributed by atoms with Gasteiger partial charge in [-0.25, -0.2) is 13.1 Å². The lowest BCUT2D eigenvalue weighted by atomic mass is 10.1. The summed E-state index contributed by atoms with van der Waals surface area (Å²) >= 11 is 0. The van der Waals surface area contributed by atoms with Gasteiger partial charge in [0.1, 0.15) is 0 Å². The number of anilines is 1. The SMILES string of the molecule is Cc1ccc(N(C)C(=O)CCc2ccc(S(=O)(=O)NC3CC3)cc2)cc1C. The number of amides is 1. The van der Waals surface area contributed by atoms with Crippen LogP contribution in [0.5, 0.6) is 0 Å². The van der Waals surface area contributed by atoms with Gasteiger partial charge in [-0.15, -0.1) is 0 Å². The molecule has 5 nitrogen and oxygen atoms in total. The summed E-state index contributed by atoms with van der Waals surface area (Å²) in [7, 11) is -1.64. The number of nitrogens with one attached hydrogen (secondary N) is 1. The third kappa shape index (κ3) is 4.96. The largest absolute Gasteiger partial charge is 0.315 e. The van der Waals surface area contributed by atoms with E-state index in [4.69, 9.17) is 0 Å². The van der Waals surface area contributed by atoms with Crippen LogP contribution in [0.15, 0.2) is 47.4 Å². The molecular formula is C21H26N2O3S. The van der Waals surface area contributed by atoms with Gasteiger partial charge in [0.2, 0.25) is 15.9 Å². The minimum atomic E-state index is -3.43. The highest BCUT2D eigenvalue weighted by molar-refractivity contribution is 7.89. The zero-order valence-electron chi connectivity index (χ0n) is 16.0. The van der Waals surface area contributed by atoms with Crippen LogP contribution in [0.2, 0.25) is 0 Å². The number of carbonyl (C=O) groups is 1. The Morgan fingerprint density at radius 1 is 1.07 bits per heavy atom. The number of aryl methyl sites for hydroxylation is 3. The number of hydrogen-bond acceptors (Lipinski definition) is 3. The van der Waals surface area contributed by atoms with E-state index in [0.717, 1.165) is 29.7 Å². The third-order valence-corrected chi connectivity index (χ3v) is 6.55. The highest BCUT2D eigenvalue weighted by Gasteiger charge is 2.27.